The van der Waals surface area contributed by atoms with E-state index in [9.17, 15) is 9.90 Å². The van der Waals surface area contributed by atoms with E-state index in [1.165, 1.54) is 25.7 Å². The largest absolute Gasteiger partial charge is 0.392 e. The Hall–Kier alpha value is -0.370. The zero-order valence-corrected chi connectivity index (χ0v) is 9.61. The first-order chi connectivity index (χ1) is 7.24. The Kier molecular flexibility index (Phi) is 3.45. The molecule has 3 saturated carbocycles. The Morgan fingerprint density at radius 3 is 2.73 bits per heavy atom. The molecule has 15 heavy (non-hydrogen) atoms. The summed E-state index contributed by atoms with van der Waals surface area (Å²) in [7, 11) is 0. The zero-order chi connectivity index (χ0) is 10.8. The van der Waals surface area contributed by atoms with Crippen LogP contribution < -0.4 is 0 Å². The van der Waals surface area contributed by atoms with Gasteiger partial charge < -0.3 is 5.11 Å². The molecule has 0 saturated heterocycles. The van der Waals surface area contributed by atoms with Crippen molar-refractivity contribution in [3.8, 4) is 0 Å². The molecule has 0 aliphatic heterocycles. The predicted molar refractivity (Wildman–Crippen MR) is 59.5 cm³/mol. The smallest absolute Gasteiger partial charge is 0.138 e. The number of unbranched alkanes of at least 4 members (excludes halogenated alkanes) is 2. The van der Waals surface area contributed by atoms with Gasteiger partial charge in [-0.3, -0.25) is 4.79 Å². The highest BCUT2D eigenvalue weighted by molar-refractivity contribution is 5.83. The molecule has 3 rings (SSSR count). The van der Waals surface area contributed by atoms with E-state index in [4.69, 9.17) is 0 Å². The summed E-state index contributed by atoms with van der Waals surface area (Å²) >= 11 is 0. The summed E-state index contributed by atoms with van der Waals surface area (Å²) < 4.78 is 0. The lowest BCUT2D eigenvalue weighted by atomic mass is 9.61. The fourth-order valence-corrected chi connectivity index (χ4v) is 3.41. The van der Waals surface area contributed by atoms with Gasteiger partial charge in [-0.2, -0.15) is 0 Å². The van der Waals surface area contributed by atoms with Crippen LogP contribution in [0, 0.1) is 17.8 Å². The minimum atomic E-state index is -0.318. The number of rotatable bonds is 4. The maximum atomic E-state index is 11.6. The quantitative estimate of drug-likeness (QED) is 0.724. The summed E-state index contributed by atoms with van der Waals surface area (Å²) in [6.07, 6.45) is 7.38. The average Bonchev–Trinajstić information content (AvgIpc) is 2.22. The number of aliphatic hydroxyl groups excluding tert-OH is 1. The van der Waals surface area contributed by atoms with Crippen LogP contribution in [0.15, 0.2) is 0 Å². The summed E-state index contributed by atoms with van der Waals surface area (Å²) in [6, 6.07) is 0. The molecule has 0 spiro atoms. The molecule has 3 aliphatic rings. The summed E-state index contributed by atoms with van der Waals surface area (Å²) in [5, 5.41) is 10.1. The lowest BCUT2D eigenvalue weighted by molar-refractivity contribution is -0.143. The molecular formula is C13H22O2. The van der Waals surface area contributed by atoms with Gasteiger partial charge in [-0.25, -0.2) is 0 Å². The van der Waals surface area contributed by atoms with Crippen molar-refractivity contribution < 1.29 is 9.90 Å². The summed E-state index contributed by atoms with van der Waals surface area (Å²) in [6.45, 7) is 2.20. The van der Waals surface area contributed by atoms with Gasteiger partial charge in [-0.1, -0.05) is 26.2 Å². The molecule has 0 aromatic carbocycles. The highest BCUT2D eigenvalue weighted by atomic mass is 16.3. The van der Waals surface area contributed by atoms with E-state index in [2.05, 4.69) is 6.92 Å². The standard InChI is InChI=1S/C13H22O2/c1-2-3-4-5-10-9-6-7-11(13(10)15)12(14)8-9/h9-11,13,15H,2-8H2,1H3/t9-,10-,11+,13+/m1/s1. The van der Waals surface area contributed by atoms with Crippen LogP contribution in [0.3, 0.4) is 0 Å². The van der Waals surface area contributed by atoms with Crippen molar-refractivity contribution in [3.05, 3.63) is 0 Å². The molecule has 0 amide bonds. The molecule has 0 heterocycles. The van der Waals surface area contributed by atoms with Crippen molar-refractivity contribution in [2.24, 2.45) is 17.8 Å². The lowest BCUT2D eigenvalue weighted by Gasteiger charge is -2.45. The van der Waals surface area contributed by atoms with E-state index in [-0.39, 0.29) is 12.0 Å². The number of carbonyl (C=O) groups excluding carboxylic acids is 1. The summed E-state index contributed by atoms with van der Waals surface area (Å²) in [4.78, 5) is 11.6. The average molecular weight is 210 g/mol. The van der Waals surface area contributed by atoms with Gasteiger partial charge in [-0.05, 0) is 31.1 Å². The molecule has 0 radical (unpaired) electrons. The second kappa shape index (κ2) is 4.65. The molecule has 0 unspecified atom stereocenters. The molecule has 86 valence electrons. The van der Waals surface area contributed by atoms with Gasteiger partial charge in [0, 0.05) is 12.3 Å². The van der Waals surface area contributed by atoms with Gasteiger partial charge >= 0.3 is 0 Å². The maximum Gasteiger partial charge on any atom is 0.138 e. The van der Waals surface area contributed by atoms with E-state index >= 15 is 0 Å². The third-order valence-corrected chi connectivity index (χ3v) is 4.32. The van der Waals surface area contributed by atoms with Crippen LogP contribution in [0.4, 0.5) is 0 Å². The van der Waals surface area contributed by atoms with Crippen molar-refractivity contribution in [2.45, 2.75) is 58.0 Å². The SMILES string of the molecule is CCCCC[C@@H]1[C@@H]2CC[C@@H](C(=O)C2)[C@H]1O. The third-order valence-electron chi connectivity index (χ3n) is 4.32. The highest BCUT2D eigenvalue weighted by Gasteiger charge is 2.46. The minimum absolute atomic E-state index is 0.0124. The Balaban J connectivity index is 1.92. The van der Waals surface area contributed by atoms with E-state index in [1.807, 2.05) is 0 Å². The molecule has 2 heteroatoms. The van der Waals surface area contributed by atoms with E-state index in [1.54, 1.807) is 0 Å². The number of ketones is 1. The van der Waals surface area contributed by atoms with Crippen molar-refractivity contribution >= 4 is 5.78 Å². The highest BCUT2D eigenvalue weighted by Crippen LogP contribution is 2.45. The van der Waals surface area contributed by atoms with Crippen LogP contribution in [0.2, 0.25) is 0 Å². The van der Waals surface area contributed by atoms with E-state index in [0.29, 0.717) is 17.6 Å². The lowest BCUT2D eigenvalue weighted by Crippen LogP contribution is -2.48. The number of fused-ring (bicyclic) bond motifs is 3. The van der Waals surface area contributed by atoms with Crippen molar-refractivity contribution in [1.29, 1.82) is 0 Å². The molecular weight excluding hydrogens is 188 g/mol. The zero-order valence-electron chi connectivity index (χ0n) is 9.61. The van der Waals surface area contributed by atoms with E-state index in [0.717, 1.165) is 19.3 Å². The second-order valence-corrected chi connectivity index (χ2v) is 5.26. The van der Waals surface area contributed by atoms with Crippen molar-refractivity contribution in [2.75, 3.05) is 0 Å². The number of aliphatic hydroxyl groups is 1. The third kappa shape index (κ3) is 2.10. The van der Waals surface area contributed by atoms with Crippen LogP contribution in [0.1, 0.15) is 51.9 Å². The first-order valence-corrected chi connectivity index (χ1v) is 6.44. The first-order valence-electron chi connectivity index (χ1n) is 6.44. The topological polar surface area (TPSA) is 37.3 Å². The fourth-order valence-electron chi connectivity index (χ4n) is 3.41. The fraction of sp³-hybridized carbons (Fsp3) is 0.923. The molecule has 4 atom stereocenters. The predicted octanol–water partition coefficient (Wildman–Crippen LogP) is 2.54. The Morgan fingerprint density at radius 2 is 2.13 bits per heavy atom. The summed E-state index contributed by atoms with van der Waals surface area (Å²) in [5.74, 6) is 1.23. The maximum absolute atomic E-state index is 11.6. The second-order valence-electron chi connectivity index (χ2n) is 5.26. The summed E-state index contributed by atoms with van der Waals surface area (Å²) in [5.41, 5.74) is 0. The number of hydrogen-bond acceptors (Lipinski definition) is 2. The van der Waals surface area contributed by atoms with Crippen LogP contribution >= 0.6 is 0 Å². The van der Waals surface area contributed by atoms with Gasteiger partial charge in [0.05, 0.1) is 6.10 Å². The molecule has 2 nitrogen and oxygen atoms in total. The van der Waals surface area contributed by atoms with Crippen molar-refractivity contribution in [1.82, 2.24) is 0 Å². The Bertz CT molecular complexity index is 235. The molecule has 1 N–H and O–H groups in total. The molecule has 2 bridgehead atoms. The van der Waals surface area contributed by atoms with Gasteiger partial charge in [0.15, 0.2) is 0 Å². The van der Waals surface area contributed by atoms with Crippen LogP contribution in [0.25, 0.3) is 0 Å². The monoisotopic (exact) mass is 210 g/mol. The number of Topliss-reactive ketones (excluding diaryl/α,β-unsaturated/α-hetero) is 1. The van der Waals surface area contributed by atoms with Crippen LogP contribution in [-0.4, -0.2) is 17.0 Å². The minimum Gasteiger partial charge on any atom is -0.392 e. The van der Waals surface area contributed by atoms with Crippen LogP contribution in [0.5, 0.6) is 0 Å². The van der Waals surface area contributed by atoms with Gasteiger partial charge in [0.2, 0.25) is 0 Å². The van der Waals surface area contributed by atoms with Gasteiger partial charge in [0.1, 0.15) is 5.78 Å². The Morgan fingerprint density at radius 1 is 1.33 bits per heavy atom. The van der Waals surface area contributed by atoms with Gasteiger partial charge in [-0.15, -0.1) is 0 Å². The number of hydrogen-bond donors (Lipinski definition) is 1. The Labute approximate surface area is 92.1 Å². The molecule has 0 aromatic rings. The molecule has 3 aliphatic carbocycles. The van der Waals surface area contributed by atoms with Crippen molar-refractivity contribution in [3.63, 3.8) is 0 Å². The van der Waals surface area contributed by atoms with Crippen LogP contribution in [-0.2, 0) is 4.79 Å². The number of carbonyl (C=O) groups is 1. The normalized spacial score (nSPS) is 39.7. The first kappa shape index (κ1) is 11.1. The van der Waals surface area contributed by atoms with E-state index < -0.39 is 0 Å². The van der Waals surface area contributed by atoms with Gasteiger partial charge in [0.25, 0.3) is 0 Å². The molecule has 0 aromatic heterocycles. The molecule has 3 fully saturated rings.